The summed E-state index contributed by atoms with van der Waals surface area (Å²) >= 11 is 6.11. The first-order chi connectivity index (χ1) is 16.7. The number of alkyl halides is 3. The van der Waals surface area contributed by atoms with Crippen molar-refractivity contribution in [3.63, 3.8) is 0 Å². The molecule has 1 saturated carbocycles. The lowest BCUT2D eigenvalue weighted by atomic mass is 9.90. The van der Waals surface area contributed by atoms with Crippen LogP contribution in [0.2, 0.25) is 5.02 Å². The van der Waals surface area contributed by atoms with Gasteiger partial charge in [-0.15, -0.1) is 0 Å². The van der Waals surface area contributed by atoms with E-state index in [1.165, 1.54) is 12.1 Å². The van der Waals surface area contributed by atoms with Gasteiger partial charge in [-0.05, 0) is 74.6 Å². The van der Waals surface area contributed by atoms with E-state index in [2.05, 4.69) is 25.6 Å². The highest BCUT2D eigenvalue weighted by Gasteiger charge is 2.34. The molecule has 0 unspecified atom stereocenters. The Hall–Kier alpha value is -3.33. The molecule has 0 saturated heterocycles. The highest BCUT2D eigenvalue weighted by Crippen LogP contribution is 2.35. The minimum Gasteiger partial charge on any atom is -0.382 e. The number of carbonyl (C=O) groups excluding carboxylic acids is 1. The van der Waals surface area contributed by atoms with Crippen LogP contribution in [0.5, 0.6) is 0 Å². The van der Waals surface area contributed by atoms with Crippen LogP contribution >= 0.6 is 11.6 Å². The van der Waals surface area contributed by atoms with E-state index in [1.807, 2.05) is 13.0 Å². The number of benzene rings is 2. The number of imidazole rings is 1. The SMILES string of the molecule is Cc1cc2[nH]cnc2cc1C(=O)N[C@@H]1CCC[C@H](Nc2cc(C(F)(F)F)nc3ccc(Cl)cc23)C1. The maximum Gasteiger partial charge on any atom is 0.433 e. The molecule has 2 aromatic carbocycles. The lowest BCUT2D eigenvalue weighted by Crippen LogP contribution is -2.42. The van der Waals surface area contributed by atoms with Crippen molar-refractivity contribution in [2.75, 3.05) is 5.32 Å². The van der Waals surface area contributed by atoms with Crippen LogP contribution in [0.4, 0.5) is 18.9 Å². The number of aryl methyl sites for hydroxylation is 1. The number of anilines is 1. The van der Waals surface area contributed by atoms with Gasteiger partial charge in [0, 0.05) is 33.7 Å². The second-order valence-electron chi connectivity index (χ2n) is 8.98. The number of pyridine rings is 1. The van der Waals surface area contributed by atoms with Gasteiger partial charge >= 0.3 is 6.18 Å². The van der Waals surface area contributed by atoms with Crippen LogP contribution in [0.3, 0.4) is 0 Å². The highest BCUT2D eigenvalue weighted by atomic mass is 35.5. The summed E-state index contributed by atoms with van der Waals surface area (Å²) in [7, 11) is 0. The number of aromatic nitrogens is 3. The van der Waals surface area contributed by atoms with E-state index >= 15 is 0 Å². The van der Waals surface area contributed by atoms with E-state index in [-0.39, 0.29) is 23.5 Å². The third-order valence-corrected chi connectivity index (χ3v) is 6.68. The first-order valence-corrected chi connectivity index (χ1v) is 11.7. The first kappa shape index (κ1) is 23.4. The molecule has 1 aliphatic carbocycles. The molecule has 2 aromatic heterocycles. The number of hydrogen-bond donors (Lipinski definition) is 3. The molecule has 3 N–H and O–H groups in total. The van der Waals surface area contributed by atoms with Gasteiger partial charge in [0.1, 0.15) is 5.69 Å². The number of fused-ring (bicyclic) bond motifs is 2. The van der Waals surface area contributed by atoms with Crippen molar-refractivity contribution in [1.82, 2.24) is 20.3 Å². The zero-order valence-electron chi connectivity index (χ0n) is 18.8. The van der Waals surface area contributed by atoms with Crippen LogP contribution < -0.4 is 10.6 Å². The molecule has 182 valence electrons. The Morgan fingerprint density at radius 1 is 1.11 bits per heavy atom. The van der Waals surface area contributed by atoms with Crippen LogP contribution in [-0.4, -0.2) is 32.9 Å². The van der Waals surface area contributed by atoms with E-state index < -0.39 is 11.9 Å². The Morgan fingerprint density at radius 3 is 2.71 bits per heavy atom. The van der Waals surface area contributed by atoms with Gasteiger partial charge < -0.3 is 15.6 Å². The molecule has 2 atom stereocenters. The molecule has 5 rings (SSSR count). The lowest BCUT2D eigenvalue weighted by Gasteiger charge is -2.31. The summed E-state index contributed by atoms with van der Waals surface area (Å²) in [5.74, 6) is -0.182. The van der Waals surface area contributed by atoms with Gasteiger partial charge in [0.25, 0.3) is 5.91 Å². The second-order valence-corrected chi connectivity index (χ2v) is 9.42. The van der Waals surface area contributed by atoms with Gasteiger partial charge in [-0.3, -0.25) is 4.79 Å². The summed E-state index contributed by atoms with van der Waals surface area (Å²) in [6, 6.07) is 9.08. The fourth-order valence-corrected chi connectivity index (χ4v) is 4.90. The molecule has 0 spiro atoms. The third kappa shape index (κ3) is 4.91. The van der Waals surface area contributed by atoms with Crippen molar-refractivity contribution in [1.29, 1.82) is 0 Å². The number of rotatable bonds is 4. The fourth-order valence-electron chi connectivity index (χ4n) is 4.73. The van der Waals surface area contributed by atoms with Crippen LogP contribution in [-0.2, 0) is 6.18 Å². The number of hydrogen-bond acceptors (Lipinski definition) is 4. The van der Waals surface area contributed by atoms with Crippen LogP contribution in [0.1, 0.15) is 47.3 Å². The molecule has 1 amide bonds. The van der Waals surface area contributed by atoms with Crippen LogP contribution in [0.15, 0.2) is 42.7 Å². The standard InChI is InChI=1S/C25H23ClF3N5O/c1-13-7-21-22(31-12-30-21)10-17(13)24(35)33-16-4-2-3-15(9-16)32-20-11-23(25(27,28)29)34-19-6-5-14(26)8-18(19)20/h5-8,10-12,15-16H,2-4,9H2,1H3,(H,30,31)(H,32,34)(H,33,35)/t15-,16+/m0/s1. The normalized spacial score (nSPS) is 18.7. The zero-order valence-corrected chi connectivity index (χ0v) is 19.6. The molecular formula is C25H23ClF3N5O. The summed E-state index contributed by atoms with van der Waals surface area (Å²) in [5, 5.41) is 7.32. The summed E-state index contributed by atoms with van der Waals surface area (Å²) < 4.78 is 40.4. The smallest absolute Gasteiger partial charge is 0.382 e. The van der Waals surface area contributed by atoms with Gasteiger partial charge in [-0.25, -0.2) is 9.97 Å². The summed E-state index contributed by atoms with van der Waals surface area (Å²) in [6.45, 7) is 1.87. The van der Waals surface area contributed by atoms with E-state index in [9.17, 15) is 18.0 Å². The Labute approximate surface area is 204 Å². The minimum absolute atomic E-state index is 0.109. The van der Waals surface area contributed by atoms with Gasteiger partial charge in [-0.2, -0.15) is 13.2 Å². The molecule has 1 aliphatic rings. The van der Waals surface area contributed by atoms with E-state index in [1.54, 1.807) is 18.5 Å². The molecule has 0 bridgehead atoms. The van der Waals surface area contributed by atoms with E-state index in [0.717, 1.165) is 36.4 Å². The highest BCUT2D eigenvalue weighted by molar-refractivity contribution is 6.31. The van der Waals surface area contributed by atoms with Gasteiger partial charge in [-0.1, -0.05) is 11.6 Å². The molecule has 0 aliphatic heterocycles. The number of nitrogens with one attached hydrogen (secondary N) is 3. The number of carbonyl (C=O) groups is 1. The molecular weight excluding hydrogens is 479 g/mol. The van der Waals surface area contributed by atoms with E-state index in [4.69, 9.17) is 11.6 Å². The predicted octanol–water partition coefficient (Wildman–Crippen LogP) is 6.24. The quantitative estimate of drug-likeness (QED) is 0.309. The average molecular weight is 502 g/mol. The van der Waals surface area contributed by atoms with Crippen molar-refractivity contribution in [3.05, 3.63) is 64.6 Å². The Morgan fingerprint density at radius 2 is 1.91 bits per heavy atom. The molecule has 0 radical (unpaired) electrons. The summed E-state index contributed by atoms with van der Waals surface area (Å²) in [6.07, 6.45) is 0.00175. The lowest BCUT2D eigenvalue weighted by molar-refractivity contribution is -0.140. The molecule has 1 fully saturated rings. The molecule has 6 nitrogen and oxygen atoms in total. The Kier molecular flexibility index (Phi) is 6.04. The maximum atomic E-state index is 13.5. The number of halogens is 4. The Bertz CT molecular complexity index is 1420. The zero-order chi connectivity index (χ0) is 24.7. The van der Waals surface area contributed by atoms with Gasteiger partial charge in [0.2, 0.25) is 0 Å². The first-order valence-electron chi connectivity index (χ1n) is 11.4. The maximum absolute atomic E-state index is 13.5. The summed E-state index contributed by atoms with van der Waals surface area (Å²) in [5.41, 5.74) is 2.57. The van der Waals surface area contributed by atoms with Crippen molar-refractivity contribution in [2.24, 2.45) is 0 Å². The number of aromatic amines is 1. The van der Waals surface area contributed by atoms with Crippen LogP contribution in [0, 0.1) is 6.92 Å². The molecule has 2 heterocycles. The second kappa shape index (κ2) is 9.03. The molecule has 4 aromatic rings. The van der Waals surface area contributed by atoms with Crippen molar-refractivity contribution in [3.8, 4) is 0 Å². The Balaban J connectivity index is 1.35. The summed E-state index contributed by atoms with van der Waals surface area (Å²) in [4.78, 5) is 24.0. The van der Waals surface area contributed by atoms with Crippen molar-refractivity contribution >= 4 is 45.1 Å². The largest absolute Gasteiger partial charge is 0.433 e. The average Bonchev–Trinajstić information content (AvgIpc) is 3.25. The molecule has 35 heavy (non-hydrogen) atoms. The fraction of sp³-hybridized carbons (Fsp3) is 0.320. The van der Waals surface area contributed by atoms with Crippen LogP contribution in [0.25, 0.3) is 21.9 Å². The predicted molar refractivity (Wildman–Crippen MR) is 130 cm³/mol. The topological polar surface area (TPSA) is 82.7 Å². The van der Waals surface area contributed by atoms with Gasteiger partial charge in [0.05, 0.1) is 22.9 Å². The molecule has 10 heteroatoms. The van der Waals surface area contributed by atoms with Crippen molar-refractivity contribution < 1.29 is 18.0 Å². The third-order valence-electron chi connectivity index (χ3n) is 6.44. The van der Waals surface area contributed by atoms with E-state index in [0.29, 0.717) is 33.6 Å². The van der Waals surface area contributed by atoms with Gasteiger partial charge in [0.15, 0.2) is 0 Å². The number of H-pyrrole nitrogens is 1. The monoisotopic (exact) mass is 501 g/mol. The number of amides is 1. The van der Waals surface area contributed by atoms with Crippen molar-refractivity contribution in [2.45, 2.75) is 50.9 Å². The minimum atomic E-state index is -4.57. The number of nitrogens with zero attached hydrogens (tertiary/aromatic N) is 2.